The molecule has 2 aromatic heterocycles. The van der Waals surface area contributed by atoms with Gasteiger partial charge in [-0.25, -0.2) is 14.8 Å². The lowest BCUT2D eigenvalue weighted by atomic mass is 9.89. The lowest BCUT2D eigenvalue weighted by molar-refractivity contribution is 0.195. The van der Waals surface area contributed by atoms with Crippen LogP contribution in [-0.2, 0) is 19.3 Å². The summed E-state index contributed by atoms with van der Waals surface area (Å²) in [6.07, 6.45) is 5.53. The van der Waals surface area contributed by atoms with Gasteiger partial charge in [-0.15, -0.1) is 11.3 Å². The fourth-order valence-electron chi connectivity index (χ4n) is 4.31. The van der Waals surface area contributed by atoms with Crippen LogP contribution in [0.4, 0.5) is 10.6 Å². The van der Waals surface area contributed by atoms with Crippen molar-refractivity contribution in [3.05, 3.63) is 16.3 Å². The fourth-order valence-corrected chi connectivity index (χ4v) is 5.71. The molecule has 28 heavy (non-hydrogen) atoms. The number of anilines is 1. The first-order valence-electron chi connectivity index (χ1n) is 10.7. The molecule has 1 aliphatic heterocycles. The van der Waals surface area contributed by atoms with E-state index in [9.17, 15) is 4.79 Å². The Kier molecular flexibility index (Phi) is 5.71. The molecule has 0 bridgehead atoms. The number of urea groups is 1. The number of nitrogens with one attached hydrogen (secondary N) is 1. The lowest BCUT2D eigenvalue weighted by Gasteiger charge is -2.36. The summed E-state index contributed by atoms with van der Waals surface area (Å²) >= 11 is 1.88. The Balaban J connectivity index is 1.67. The molecule has 0 saturated carbocycles. The van der Waals surface area contributed by atoms with Gasteiger partial charge in [0.2, 0.25) is 0 Å². The maximum atomic E-state index is 12.1. The maximum absolute atomic E-state index is 12.1. The number of hydrogen-bond acceptors (Lipinski definition) is 5. The van der Waals surface area contributed by atoms with Crippen molar-refractivity contribution in [1.82, 2.24) is 20.2 Å². The van der Waals surface area contributed by atoms with Gasteiger partial charge in [0.25, 0.3) is 0 Å². The lowest BCUT2D eigenvalue weighted by Crippen LogP contribution is -2.52. The smallest absolute Gasteiger partial charge is 0.317 e. The van der Waals surface area contributed by atoms with E-state index < -0.39 is 0 Å². The summed E-state index contributed by atoms with van der Waals surface area (Å²) in [5.41, 5.74) is 1.49. The maximum Gasteiger partial charge on any atom is 0.317 e. The monoisotopic (exact) mass is 401 g/mol. The quantitative estimate of drug-likeness (QED) is 0.850. The zero-order chi connectivity index (χ0) is 19.7. The Hall–Kier alpha value is -1.89. The van der Waals surface area contributed by atoms with Crippen molar-refractivity contribution in [2.45, 2.75) is 52.9 Å². The minimum atomic E-state index is 0.0450. The number of aryl methyl sites for hydroxylation is 2. The largest absolute Gasteiger partial charge is 0.352 e. The van der Waals surface area contributed by atoms with Gasteiger partial charge < -0.3 is 15.1 Å². The standard InChI is InChI=1S/C21H31N5OS/c1-4-6-17-23-19(25-9-11-26(12-10-25)21(27)22-5-2)18-15-8-7-14(3)13-16(15)28-20(18)24-17/h14H,4-13H2,1-3H3,(H,22,27)/t14-/m0/s1. The summed E-state index contributed by atoms with van der Waals surface area (Å²) in [7, 11) is 0. The van der Waals surface area contributed by atoms with Crippen molar-refractivity contribution in [1.29, 1.82) is 0 Å². The highest BCUT2D eigenvalue weighted by Gasteiger charge is 2.28. The molecule has 4 rings (SSSR count). The molecule has 1 atom stereocenters. The van der Waals surface area contributed by atoms with Crippen LogP contribution >= 0.6 is 11.3 Å². The number of fused-ring (bicyclic) bond motifs is 3. The number of hydrogen-bond donors (Lipinski definition) is 1. The van der Waals surface area contributed by atoms with E-state index in [1.807, 2.05) is 23.2 Å². The summed E-state index contributed by atoms with van der Waals surface area (Å²) in [6.45, 7) is 10.3. The highest BCUT2D eigenvalue weighted by atomic mass is 32.1. The van der Waals surface area contributed by atoms with Crippen LogP contribution in [0.1, 0.15) is 49.9 Å². The zero-order valence-corrected chi connectivity index (χ0v) is 18.1. The summed E-state index contributed by atoms with van der Waals surface area (Å²) in [6, 6.07) is 0.0450. The molecule has 0 aromatic carbocycles. The predicted octanol–water partition coefficient (Wildman–Crippen LogP) is 3.62. The molecular formula is C21H31N5OS. The second-order valence-electron chi connectivity index (χ2n) is 8.05. The highest BCUT2D eigenvalue weighted by Crippen LogP contribution is 2.41. The van der Waals surface area contributed by atoms with Crippen molar-refractivity contribution < 1.29 is 4.79 Å². The Morgan fingerprint density at radius 3 is 2.71 bits per heavy atom. The van der Waals surface area contributed by atoms with Gasteiger partial charge in [0, 0.05) is 44.0 Å². The van der Waals surface area contributed by atoms with Gasteiger partial charge in [0.15, 0.2) is 0 Å². The van der Waals surface area contributed by atoms with Gasteiger partial charge in [-0.3, -0.25) is 0 Å². The van der Waals surface area contributed by atoms with Gasteiger partial charge in [0.05, 0.1) is 5.39 Å². The van der Waals surface area contributed by atoms with Crippen molar-refractivity contribution in [3.8, 4) is 0 Å². The molecule has 0 unspecified atom stereocenters. The summed E-state index contributed by atoms with van der Waals surface area (Å²) in [5, 5.41) is 4.20. The second-order valence-corrected chi connectivity index (χ2v) is 9.14. The molecule has 7 heteroatoms. The topological polar surface area (TPSA) is 61.4 Å². The first-order valence-corrected chi connectivity index (χ1v) is 11.5. The minimum absolute atomic E-state index is 0.0450. The number of carbonyl (C=O) groups is 1. The molecule has 2 aromatic rings. The van der Waals surface area contributed by atoms with Crippen LogP contribution in [0, 0.1) is 5.92 Å². The number of piperazine rings is 1. The van der Waals surface area contributed by atoms with Crippen LogP contribution in [0.15, 0.2) is 0 Å². The molecule has 152 valence electrons. The van der Waals surface area contributed by atoms with Gasteiger partial charge in [-0.05, 0) is 44.1 Å². The second kappa shape index (κ2) is 8.23. The first-order chi connectivity index (χ1) is 13.6. The number of nitrogens with zero attached hydrogens (tertiary/aromatic N) is 4. The summed E-state index contributed by atoms with van der Waals surface area (Å²) in [4.78, 5) is 29.1. The van der Waals surface area contributed by atoms with E-state index in [2.05, 4.69) is 24.1 Å². The van der Waals surface area contributed by atoms with E-state index in [-0.39, 0.29) is 6.03 Å². The Labute approximate surface area is 171 Å². The van der Waals surface area contributed by atoms with Crippen LogP contribution in [0.5, 0.6) is 0 Å². The SMILES string of the molecule is CCCc1nc(N2CCN(C(=O)NCC)CC2)c2c3c(sc2n1)C[C@@H](C)CC3. The highest BCUT2D eigenvalue weighted by molar-refractivity contribution is 7.19. The van der Waals surface area contributed by atoms with Crippen LogP contribution in [-0.4, -0.2) is 53.6 Å². The third kappa shape index (κ3) is 3.69. The molecular weight excluding hydrogens is 370 g/mol. The molecule has 1 saturated heterocycles. The molecule has 3 heterocycles. The van der Waals surface area contributed by atoms with E-state index in [0.29, 0.717) is 6.54 Å². The van der Waals surface area contributed by atoms with Gasteiger partial charge in [-0.1, -0.05) is 13.8 Å². The molecule has 1 fully saturated rings. The molecule has 1 aliphatic carbocycles. The van der Waals surface area contributed by atoms with Gasteiger partial charge in [0.1, 0.15) is 16.5 Å². The number of amides is 2. The third-order valence-corrected chi connectivity index (χ3v) is 7.00. The molecule has 0 radical (unpaired) electrons. The normalized spacial score (nSPS) is 19.8. The van der Waals surface area contributed by atoms with E-state index in [4.69, 9.17) is 9.97 Å². The average molecular weight is 402 g/mol. The first kappa shape index (κ1) is 19.4. The third-order valence-electron chi connectivity index (χ3n) is 5.85. The van der Waals surface area contributed by atoms with E-state index in [1.54, 1.807) is 0 Å². The fraction of sp³-hybridized carbons (Fsp3) is 0.667. The minimum Gasteiger partial charge on any atom is -0.352 e. The van der Waals surface area contributed by atoms with Crippen molar-refractivity contribution in [3.63, 3.8) is 0 Å². The van der Waals surface area contributed by atoms with Crippen LogP contribution in [0.25, 0.3) is 10.2 Å². The van der Waals surface area contributed by atoms with E-state index in [1.165, 1.54) is 33.5 Å². The van der Waals surface area contributed by atoms with Crippen LogP contribution in [0.3, 0.4) is 0 Å². The number of rotatable bonds is 4. The average Bonchev–Trinajstić information content (AvgIpc) is 3.05. The zero-order valence-electron chi connectivity index (χ0n) is 17.3. The molecule has 2 amide bonds. The Bertz CT molecular complexity index is 856. The summed E-state index contributed by atoms with van der Waals surface area (Å²) < 4.78 is 0. The molecule has 0 spiro atoms. The molecule has 6 nitrogen and oxygen atoms in total. The molecule has 1 N–H and O–H groups in total. The van der Waals surface area contributed by atoms with E-state index in [0.717, 1.165) is 63.0 Å². The van der Waals surface area contributed by atoms with Crippen molar-refractivity contribution >= 4 is 33.4 Å². The van der Waals surface area contributed by atoms with Crippen molar-refractivity contribution in [2.75, 3.05) is 37.6 Å². The Morgan fingerprint density at radius 1 is 1.21 bits per heavy atom. The van der Waals surface area contributed by atoms with Crippen LogP contribution in [0.2, 0.25) is 0 Å². The molecule has 2 aliphatic rings. The van der Waals surface area contributed by atoms with E-state index >= 15 is 0 Å². The van der Waals surface area contributed by atoms with Gasteiger partial charge in [-0.2, -0.15) is 0 Å². The predicted molar refractivity (Wildman–Crippen MR) is 115 cm³/mol. The number of aromatic nitrogens is 2. The summed E-state index contributed by atoms with van der Waals surface area (Å²) in [5.74, 6) is 2.83. The Morgan fingerprint density at radius 2 is 2.00 bits per heavy atom. The number of carbonyl (C=O) groups excluding carboxylic acids is 1. The number of thiophene rings is 1. The van der Waals surface area contributed by atoms with Crippen LogP contribution < -0.4 is 10.2 Å². The van der Waals surface area contributed by atoms with Crippen molar-refractivity contribution in [2.24, 2.45) is 5.92 Å². The van der Waals surface area contributed by atoms with Gasteiger partial charge >= 0.3 is 6.03 Å².